The quantitative estimate of drug-likeness (QED) is 0.863. The fraction of sp³-hybridized carbons (Fsp3) is 0.692. The van der Waals surface area contributed by atoms with Gasteiger partial charge in [0.25, 0.3) is 0 Å². The Morgan fingerprint density at radius 2 is 2.29 bits per heavy atom. The summed E-state index contributed by atoms with van der Waals surface area (Å²) in [5, 5.41) is 15.6. The predicted octanol–water partition coefficient (Wildman–Crippen LogP) is 1.16. The summed E-state index contributed by atoms with van der Waals surface area (Å²) in [7, 11) is 0. The van der Waals surface area contributed by atoms with Gasteiger partial charge in [0.1, 0.15) is 6.04 Å². The van der Waals surface area contributed by atoms with Gasteiger partial charge < -0.3 is 19.8 Å². The van der Waals surface area contributed by atoms with Crippen molar-refractivity contribution in [3.8, 4) is 0 Å². The van der Waals surface area contributed by atoms with Crippen molar-refractivity contribution >= 4 is 12.0 Å². The van der Waals surface area contributed by atoms with E-state index in [9.17, 15) is 14.7 Å². The first-order chi connectivity index (χ1) is 10.0. The van der Waals surface area contributed by atoms with Crippen molar-refractivity contribution in [3.63, 3.8) is 0 Å². The topological polar surface area (TPSA) is 109 Å². The molecule has 21 heavy (non-hydrogen) atoms. The average Bonchev–Trinajstić information content (AvgIpc) is 2.89. The molecule has 2 rings (SSSR count). The maximum absolute atomic E-state index is 12.1. The summed E-state index contributed by atoms with van der Waals surface area (Å²) >= 11 is 0. The Balaban J connectivity index is 1.95. The molecular weight excluding hydrogens is 276 g/mol. The van der Waals surface area contributed by atoms with Crippen LogP contribution in [0.25, 0.3) is 0 Å². The number of hydrogen-bond acceptors (Lipinski definition) is 5. The second kappa shape index (κ2) is 6.55. The zero-order chi connectivity index (χ0) is 15.4. The van der Waals surface area contributed by atoms with Crippen LogP contribution < -0.4 is 5.32 Å². The van der Waals surface area contributed by atoms with Gasteiger partial charge in [-0.1, -0.05) is 18.5 Å². The molecule has 2 atom stereocenters. The van der Waals surface area contributed by atoms with Gasteiger partial charge in [0, 0.05) is 6.54 Å². The lowest BCUT2D eigenvalue weighted by Gasteiger charge is -2.36. The molecule has 2 N–H and O–H groups in total. The minimum absolute atomic E-state index is 0.0969. The third-order valence-electron chi connectivity index (χ3n) is 3.79. The molecule has 8 heteroatoms. The molecule has 2 unspecified atom stereocenters. The zero-order valence-corrected chi connectivity index (χ0v) is 12.2. The second-order valence-corrected chi connectivity index (χ2v) is 5.24. The van der Waals surface area contributed by atoms with Crippen LogP contribution in [0, 0.1) is 12.8 Å². The van der Waals surface area contributed by atoms with Gasteiger partial charge in [-0.15, -0.1) is 0 Å². The van der Waals surface area contributed by atoms with E-state index in [4.69, 9.17) is 4.52 Å². The largest absolute Gasteiger partial charge is 0.480 e. The summed E-state index contributed by atoms with van der Waals surface area (Å²) in [5.41, 5.74) is 0. The number of carbonyl (C=O) groups is 2. The molecule has 0 bridgehead atoms. The van der Waals surface area contributed by atoms with Crippen molar-refractivity contribution in [1.82, 2.24) is 20.4 Å². The summed E-state index contributed by atoms with van der Waals surface area (Å²) in [4.78, 5) is 28.8. The summed E-state index contributed by atoms with van der Waals surface area (Å²) in [6.45, 7) is 4.27. The van der Waals surface area contributed by atoms with Gasteiger partial charge in [0.05, 0.1) is 6.54 Å². The standard InChI is InChI=1S/C13H20N4O4/c1-3-9-4-5-17(10(6-9)12(18)19)13(20)14-7-11-15-8(2)16-21-11/h9-10H,3-7H2,1-2H3,(H,14,20)(H,18,19). The van der Waals surface area contributed by atoms with E-state index in [0.717, 1.165) is 12.8 Å². The van der Waals surface area contributed by atoms with Crippen LogP contribution in [0.2, 0.25) is 0 Å². The molecule has 1 aliphatic rings. The molecule has 1 saturated heterocycles. The van der Waals surface area contributed by atoms with Crippen LogP contribution in [0.15, 0.2) is 4.52 Å². The number of nitrogens with one attached hydrogen (secondary N) is 1. The third-order valence-corrected chi connectivity index (χ3v) is 3.79. The number of aromatic nitrogens is 2. The number of piperidine rings is 1. The Kier molecular flexibility index (Phi) is 4.77. The number of carbonyl (C=O) groups excluding carboxylic acids is 1. The van der Waals surface area contributed by atoms with E-state index in [2.05, 4.69) is 15.5 Å². The number of hydrogen-bond donors (Lipinski definition) is 2. The van der Waals surface area contributed by atoms with Crippen molar-refractivity contribution in [1.29, 1.82) is 0 Å². The smallest absolute Gasteiger partial charge is 0.326 e. The molecule has 2 heterocycles. The van der Waals surface area contributed by atoms with E-state index in [1.165, 1.54) is 4.90 Å². The number of likely N-dealkylation sites (tertiary alicyclic amines) is 1. The van der Waals surface area contributed by atoms with E-state index in [-0.39, 0.29) is 6.54 Å². The van der Waals surface area contributed by atoms with Crippen molar-refractivity contribution in [2.45, 2.75) is 45.7 Å². The Hall–Kier alpha value is -2.12. The summed E-state index contributed by atoms with van der Waals surface area (Å²) in [5.74, 6) is 0.188. The minimum atomic E-state index is -0.961. The van der Waals surface area contributed by atoms with Crippen molar-refractivity contribution in [2.24, 2.45) is 5.92 Å². The summed E-state index contributed by atoms with van der Waals surface area (Å²) < 4.78 is 4.90. The maximum atomic E-state index is 12.1. The molecule has 0 aliphatic carbocycles. The summed E-state index contributed by atoms with van der Waals surface area (Å²) in [6.07, 6.45) is 2.26. The molecule has 0 aromatic carbocycles. The van der Waals surface area contributed by atoms with Crippen molar-refractivity contribution < 1.29 is 19.2 Å². The lowest BCUT2D eigenvalue weighted by Crippen LogP contribution is -2.53. The second-order valence-electron chi connectivity index (χ2n) is 5.24. The van der Waals surface area contributed by atoms with Gasteiger partial charge in [0.2, 0.25) is 5.89 Å². The normalized spacial score (nSPS) is 22.1. The molecule has 0 saturated carbocycles. The molecule has 0 spiro atoms. The van der Waals surface area contributed by atoms with Gasteiger partial charge in [-0.3, -0.25) is 0 Å². The monoisotopic (exact) mass is 296 g/mol. The predicted molar refractivity (Wildman–Crippen MR) is 72.4 cm³/mol. The zero-order valence-electron chi connectivity index (χ0n) is 12.2. The van der Waals surface area contributed by atoms with Crippen LogP contribution in [0.5, 0.6) is 0 Å². The fourth-order valence-corrected chi connectivity index (χ4v) is 2.55. The SMILES string of the molecule is CCC1CCN(C(=O)NCc2nc(C)no2)C(C(=O)O)C1. The number of carboxylic acids is 1. The number of rotatable bonds is 4. The number of urea groups is 1. The Morgan fingerprint density at radius 3 is 2.86 bits per heavy atom. The van der Waals surface area contributed by atoms with Gasteiger partial charge in [0.15, 0.2) is 5.82 Å². The lowest BCUT2D eigenvalue weighted by atomic mass is 9.89. The number of nitrogens with zero attached hydrogens (tertiary/aromatic N) is 3. The fourth-order valence-electron chi connectivity index (χ4n) is 2.55. The third kappa shape index (κ3) is 3.71. The van der Waals surface area contributed by atoms with Crippen LogP contribution in [0.3, 0.4) is 0 Å². The van der Waals surface area contributed by atoms with Gasteiger partial charge in [-0.2, -0.15) is 4.98 Å². The number of amides is 2. The first-order valence-corrected chi connectivity index (χ1v) is 7.07. The van der Waals surface area contributed by atoms with Crippen LogP contribution in [-0.2, 0) is 11.3 Å². The highest BCUT2D eigenvalue weighted by molar-refractivity contribution is 5.82. The van der Waals surface area contributed by atoms with E-state index >= 15 is 0 Å². The first-order valence-electron chi connectivity index (χ1n) is 7.07. The maximum Gasteiger partial charge on any atom is 0.326 e. The number of carboxylic acid groups (broad SMARTS) is 1. The van der Waals surface area contributed by atoms with Crippen LogP contribution in [0.1, 0.15) is 37.9 Å². The first kappa shape index (κ1) is 15.3. The van der Waals surface area contributed by atoms with Crippen molar-refractivity contribution in [3.05, 3.63) is 11.7 Å². The Labute approximate surface area is 122 Å². The molecule has 116 valence electrons. The van der Waals surface area contributed by atoms with E-state index in [0.29, 0.717) is 30.6 Å². The van der Waals surface area contributed by atoms with Crippen molar-refractivity contribution in [2.75, 3.05) is 6.54 Å². The molecular formula is C13H20N4O4. The molecule has 1 aliphatic heterocycles. The Bertz CT molecular complexity index is 516. The molecule has 1 aromatic rings. The highest BCUT2D eigenvalue weighted by Gasteiger charge is 2.35. The molecule has 0 radical (unpaired) electrons. The highest BCUT2D eigenvalue weighted by Crippen LogP contribution is 2.25. The average molecular weight is 296 g/mol. The van der Waals surface area contributed by atoms with Gasteiger partial charge in [-0.05, 0) is 25.7 Å². The minimum Gasteiger partial charge on any atom is -0.480 e. The highest BCUT2D eigenvalue weighted by atomic mass is 16.5. The van der Waals surface area contributed by atoms with Crippen LogP contribution >= 0.6 is 0 Å². The van der Waals surface area contributed by atoms with Crippen LogP contribution in [0.4, 0.5) is 4.79 Å². The molecule has 1 fully saturated rings. The number of aryl methyl sites for hydroxylation is 1. The van der Waals surface area contributed by atoms with Gasteiger partial charge in [-0.25, -0.2) is 9.59 Å². The lowest BCUT2D eigenvalue weighted by molar-refractivity contribution is -0.144. The summed E-state index contributed by atoms with van der Waals surface area (Å²) in [6, 6.07) is -1.18. The van der Waals surface area contributed by atoms with E-state index in [1.807, 2.05) is 6.92 Å². The Morgan fingerprint density at radius 1 is 1.52 bits per heavy atom. The molecule has 1 aromatic heterocycles. The number of aliphatic carboxylic acids is 1. The van der Waals surface area contributed by atoms with E-state index < -0.39 is 18.0 Å². The van der Waals surface area contributed by atoms with Gasteiger partial charge >= 0.3 is 12.0 Å². The van der Waals surface area contributed by atoms with E-state index in [1.54, 1.807) is 6.92 Å². The molecule has 8 nitrogen and oxygen atoms in total. The van der Waals surface area contributed by atoms with Crippen LogP contribution in [-0.4, -0.2) is 44.7 Å². The molecule has 2 amide bonds.